The number of aryl methyl sites for hydroxylation is 2. The second-order valence-corrected chi connectivity index (χ2v) is 5.37. The molecule has 0 saturated heterocycles. The Morgan fingerprint density at radius 1 is 1.20 bits per heavy atom. The SMILES string of the molecule is CCCCn1cc(C(C)(C)C)cc1CC. The zero-order valence-electron chi connectivity index (χ0n) is 10.9. The molecule has 1 nitrogen and oxygen atoms in total. The fourth-order valence-corrected chi connectivity index (χ4v) is 1.80. The second-order valence-electron chi connectivity index (χ2n) is 5.37. The monoisotopic (exact) mass is 207 g/mol. The first kappa shape index (κ1) is 12.4. The normalized spacial score (nSPS) is 12.1. The molecular formula is C14H25N. The highest BCUT2D eigenvalue weighted by molar-refractivity contribution is 5.25. The van der Waals surface area contributed by atoms with Crippen LogP contribution in [0.5, 0.6) is 0 Å². The first-order valence-electron chi connectivity index (χ1n) is 6.18. The first-order chi connectivity index (χ1) is 6.99. The lowest BCUT2D eigenvalue weighted by atomic mass is 9.89. The molecule has 0 amide bonds. The van der Waals surface area contributed by atoms with Gasteiger partial charge in [-0.1, -0.05) is 41.0 Å². The van der Waals surface area contributed by atoms with Gasteiger partial charge in [-0.3, -0.25) is 0 Å². The molecule has 0 radical (unpaired) electrons. The van der Waals surface area contributed by atoms with E-state index in [2.05, 4.69) is 51.4 Å². The molecular weight excluding hydrogens is 182 g/mol. The summed E-state index contributed by atoms with van der Waals surface area (Å²) in [7, 11) is 0. The van der Waals surface area contributed by atoms with E-state index in [1.807, 2.05) is 0 Å². The van der Waals surface area contributed by atoms with Crippen LogP contribution in [0.25, 0.3) is 0 Å². The van der Waals surface area contributed by atoms with Crippen LogP contribution in [0.15, 0.2) is 12.3 Å². The van der Waals surface area contributed by atoms with Crippen molar-refractivity contribution in [2.75, 3.05) is 0 Å². The number of aromatic nitrogens is 1. The summed E-state index contributed by atoms with van der Waals surface area (Å²) in [6, 6.07) is 2.37. The van der Waals surface area contributed by atoms with Crippen LogP contribution in [-0.4, -0.2) is 4.57 Å². The van der Waals surface area contributed by atoms with E-state index in [0.29, 0.717) is 0 Å². The minimum Gasteiger partial charge on any atom is -0.351 e. The quantitative estimate of drug-likeness (QED) is 0.699. The molecule has 1 heterocycles. The molecule has 0 aliphatic rings. The van der Waals surface area contributed by atoms with Crippen molar-refractivity contribution in [2.45, 2.75) is 65.8 Å². The fraction of sp³-hybridized carbons (Fsp3) is 0.714. The topological polar surface area (TPSA) is 4.93 Å². The maximum absolute atomic E-state index is 2.43. The molecule has 0 fully saturated rings. The summed E-state index contributed by atoms with van der Waals surface area (Å²) >= 11 is 0. The van der Waals surface area contributed by atoms with Crippen LogP contribution in [0.1, 0.15) is 58.7 Å². The van der Waals surface area contributed by atoms with Crippen LogP contribution in [0.2, 0.25) is 0 Å². The Balaban J connectivity index is 2.90. The van der Waals surface area contributed by atoms with Crippen LogP contribution in [-0.2, 0) is 18.4 Å². The molecule has 0 aromatic carbocycles. The number of hydrogen-bond donors (Lipinski definition) is 0. The van der Waals surface area contributed by atoms with Crippen molar-refractivity contribution in [2.24, 2.45) is 0 Å². The molecule has 15 heavy (non-hydrogen) atoms. The highest BCUT2D eigenvalue weighted by Gasteiger charge is 2.16. The van der Waals surface area contributed by atoms with E-state index in [1.165, 1.54) is 30.6 Å². The minimum absolute atomic E-state index is 0.279. The Morgan fingerprint density at radius 2 is 1.87 bits per heavy atom. The molecule has 0 unspecified atom stereocenters. The van der Waals surface area contributed by atoms with Crippen LogP contribution >= 0.6 is 0 Å². The van der Waals surface area contributed by atoms with Gasteiger partial charge in [-0.15, -0.1) is 0 Å². The summed E-state index contributed by atoms with van der Waals surface area (Å²) in [5.74, 6) is 0. The van der Waals surface area contributed by atoms with Gasteiger partial charge in [0.2, 0.25) is 0 Å². The number of nitrogens with zero attached hydrogens (tertiary/aromatic N) is 1. The standard InChI is InChI=1S/C14H25N/c1-6-8-9-15-11-12(14(3,4)5)10-13(15)7-2/h10-11H,6-9H2,1-5H3. The lowest BCUT2D eigenvalue weighted by molar-refractivity contribution is 0.578. The summed E-state index contributed by atoms with van der Waals surface area (Å²) in [5, 5.41) is 0. The zero-order valence-corrected chi connectivity index (χ0v) is 10.9. The van der Waals surface area contributed by atoms with Crippen LogP contribution < -0.4 is 0 Å². The van der Waals surface area contributed by atoms with E-state index >= 15 is 0 Å². The molecule has 86 valence electrons. The average Bonchev–Trinajstić information content (AvgIpc) is 2.57. The Hall–Kier alpha value is -0.720. The Bertz CT molecular complexity index is 302. The highest BCUT2D eigenvalue weighted by Crippen LogP contribution is 2.24. The summed E-state index contributed by atoms with van der Waals surface area (Å²) in [6.45, 7) is 12.5. The largest absolute Gasteiger partial charge is 0.351 e. The van der Waals surface area contributed by atoms with E-state index in [0.717, 1.165) is 6.42 Å². The highest BCUT2D eigenvalue weighted by atomic mass is 15.0. The molecule has 0 saturated carbocycles. The van der Waals surface area contributed by atoms with Gasteiger partial charge >= 0.3 is 0 Å². The van der Waals surface area contributed by atoms with Gasteiger partial charge in [0.25, 0.3) is 0 Å². The third-order valence-corrected chi connectivity index (χ3v) is 2.97. The van der Waals surface area contributed by atoms with Gasteiger partial charge in [-0.05, 0) is 29.9 Å². The van der Waals surface area contributed by atoms with E-state index in [9.17, 15) is 0 Å². The number of hydrogen-bond acceptors (Lipinski definition) is 0. The van der Waals surface area contributed by atoms with E-state index < -0.39 is 0 Å². The fourth-order valence-electron chi connectivity index (χ4n) is 1.80. The molecule has 1 aromatic rings. The maximum Gasteiger partial charge on any atom is 0.0222 e. The average molecular weight is 207 g/mol. The Labute approximate surface area is 94.5 Å². The van der Waals surface area contributed by atoms with Crippen molar-refractivity contribution < 1.29 is 0 Å². The third kappa shape index (κ3) is 3.12. The van der Waals surface area contributed by atoms with Crippen molar-refractivity contribution >= 4 is 0 Å². The van der Waals surface area contributed by atoms with Gasteiger partial charge in [0.15, 0.2) is 0 Å². The van der Waals surface area contributed by atoms with E-state index in [-0.39, 0.29) is 5.41 Å². The van der Waals surface area contributed by atoms with Crippen molar-refractivity contribution in [1.82, 2.24) is 4.57 Å². The molecule has 0 spiro atoms. The van der Waals surface area contributed by atoms with Gasteiger partial charge in [-0.25, -0.2) is 0 Å². The van der Waals surface area contributed by atoms with Crippen LogP contribution in [0.4, 0.5) is 0 Å². The first-order valence-corrected chi connectivity index (χ1v) is 6.18. The second kappa shape index (κ2) is 4.87. The lowest BCUT2D eigenvalue weighted by Gasteiger charge is -2.16. The molecule has 0 aliphatic carbocycles. The van der Waals surface area contributed by atoms with Crippen LogP contribution in [0.3, 0.4) is 0 Å². The summed E-state index contributed by atoms with van der Waals surface area (Å²) < 4.78 is 2.43. The predicted molar refractivity (Wildman–Crippen MR) is 67.4 cm³/mol. The number of rotatable bonds is 4. The van der Waals surface area contributed by atoms with Crippen molar-refractivity contribution in [3.05, 3.63) is 23.5 Å². The Morgan fingerprint density at radius 3 is 2.33 bits per heavy atom. The van der Waals surface area contributed by atoms with Crippen LogP contribution in [0, 0.1) is 0 Å². The summed E-state index contributed by atoms with van der Waals surface area (Å²) in [5.41, 5.74) is 3.23. The molecule has 1 heteroatoms. The minimum atomic E-state index is 0.279. The van der Waals surface area contributed by atoms with Crippen molar-refractivity contribution in [3.8, 4) is 0 Å². The molecule has 0 bridgehead atoms. The van der Waals surface area contributed by atoms with E-state index in [4.69, 9.17) is 0 Å². The maximum atomic E-state index is 2.43. The molecule has 0 atom stereocenters. The summed E-state index contributed by atoms with van der Waals surface area (Å²) in [4.78, 5) is 0. The smallest absolute Gasteiger partial charge is 0.0222 e. The zero-order chi connectivity index (χ0) is 11.5. The Kier molecular flexibility index (Phi) is 4.01. The molecule has 0 aliphatic heterocycles. The third-order valence-electron chi connectivity index (χ3n) is 2.97. The van der Waals surface area contributed by atoms with Gasteiger partial charge in [0.1, 0.15) is 0 Å². The predicted octanol–water partition coefficient (Wildman–Crippen LogP) is 4.15. The lowest BCUT2D eigenvalue weighted by Crippen LogP contribution is -2.09. The molecule has 1 rings (SSSR count). The van der Waals surface area contributed by atoms with Gasteiger partial charge in [0, 0.05) is 18.4 Å². The number of unbranched alkanes of at least 4 members (excludes halogenated alkanes) is 1. The molecule has 0 N–H and O–H groups in total. The van der Waals surface area contributed by atoms with E-state index in [1.54, 1.807) is 0 Å². The van der Waals surface area contributed by atoms with Crippen molar-refractivity contribution in [3.63, 3.8) is 0 Å². The summed E-state index contributed by atoms with van der Waals surface area (Å²) in [6.07, 6.45) is 6.03. The molecule has 1 aromatic heterocycles. The van der Waals surface area contributed by atoms with Crippen molar-refractivity contribution in [1.29, 1.82) is 0 Å². The van der Waals surface area contributed by atoms with Gasteiger partial charge in [0.05, 0.1) is 0 Å². The van der Waals surface area contributed by atoms with Gasteiger partial charge < -0.3 is 4.57 Å². The van der Waals surface area contributed by atoms with Gasteiger partial charge in [-0.2, -0.15) is 0 Å².